The summed E-state index contributed by atoms with van der Waals surface area (Å²) in [4.78, 5) is 26.1. The maximum absolute atomic E-state index is 12.2. The molecule has 1 saturated heterocycles. The lowest BCUT2D eigenvalue weighted by Crippen LogP contribution is -2.48. The summed E-state index contributed by atoms with van der Waals surface area (Å²) < 4.78 is 0. The second-order valence-electron chi connectivity index (χ2n) is 6.76. The van der Waals surface area contributed by atoms with Crippen LogP contribution >= 0.6 is 11.8 Å². The van der Waals surface area contributed by atoms with Gasteiger partial charge >= 0.3 is 0 Å². The van der Waals surface area contributed by atoms with E-state index >= 15 is 0 Å². The summed E-state index contributed by atoms with van der Waals surface area (Å²) in [5, 5.41) is 2.93. The lowest BCUT2D eigenvalue weighted by Gasteiger charge is -2.27. The second-order valence-corrected chi connectivity index (χ2v) is 7.76. The summed E-state index contributed by atoms with van der Waals surface area (Å²) in [6.45, 7) is 10.9. The van der Waals surface area contributed by atoms with Crippen LogP contribution in [0, 0.1) is 11.3 Å². The Balaban J connectivity index is 2.58. The van der Waals surface area contributed by atoms with Crippen LogP contribution < -0.4 is 5.32 Å². The number of thioether (sulfide) groups is 1. The SMILES string of the molecule is CC(C)CNC(=O)C1CSCN1C(=O)CC(C)(C)C. The normalized spacial score (nSPS) is 19.9. The Morgan fingerprint density at radius 1 is 1.37 bits per heavy atom. The van der Waals surface area contributed by atoms with Crippen molar-refractivity contribution in [2.24, 2.45) is 11.3 Å². The van der Waals surface area contributed by atoms with E-state index in [4.69, 9.17) is 0 Å². The maximum Gasteiger partial charge on any atom is 0.243 e. The Bertz CT molecular complexity index is 337. The third-order valence-corrected chi connectivity index (χ3v) is 3.88. The predicted molar refractivity (Wildman–Crippen MR) is 79.9 cm³/mol. The Morgan fingerprint density at radius 2 is 2.00 bits per heavy atom. The topological polar surface area (TPSA) is 49.4 Å². The van der Waals surface area contributed by atoms with Gasteiger partial charge in [0.15, 0.2) is 0 Å². The van der Waals surface area contributed by atoms with Crippen molar-refractivity contribution in [3.05, 3.63) is 0 Å². The first kappa shape index (κ1) is 16.3. The van der Waals surface area contributed by atoms with Crippen molar-refractivity contribution >= 4 is 23.6 Å². The minimum absolute atomic E-state index is 0.0130. The van der Waals surface area contributed by atoms with Gasteiger partial charge in [-0.2, -0.15) is 0 Å². The number of rotatable bonds is 4. The Labute approximate surface area is 120 Å². The van der Waals surface area contributed by atoms with Crippen LogP contribution in [-0.4, -0.2) is 40.9 Å². The molecule has 5 heteroatoms. The Kier molecular flexibility index (Phi) is 5.71. The van der Waals surface area contributed by atoms with Gasteiger partial charge in [0.2, 0.25) is 11.8 Å². The molecule has 1 atom stereocenters. The first-order valence-electron chi connectivity index (χ1n) is 6.85. The number of hydrogen-bond acceptors (Lipinski definition) is 3. The van der Waals surface area contributed by atoms with Crippen LogP contribution in [0.25, 0.3) is 0 Å². The van der Waals surface area contributed by atoms with Crippen molar-refractivity contribution < 1.29 is 9.59 Å². The summed E-state index contributed by atoms with van der Waals surface area (Å²) in [5.41, 5.74) is -0.0384. The van der Waals surface area contributed by atoms with Crippen LogP contribution in [0.3, 0.4) is 0 Å². The quantitative estimate of drug-likeness (QED) is 0.861. The average Bonchev–Trinajstić information content (AvgIpc) is 2.72. The van der Waals surface area contributed by atoms with Crippen LogP contribution in [0.15, 0.2) is 0 Å². The van der Waals surface area contributed by atoms with Crippen molar-refractivity contribution in [3.8, 4) is 0 Å². The van der Waals surface area contributed by atoms with E-state index in [0.717, 1.165) is 0 Å². The zero-order chi connectivity index (χ0) is 14.6. The fourth-order valence-electron chi connectivity index (χ4n) is 1.88. The first-order chi connectivity index (χ1) is 8.70. The van der Waals surface area contributed by atoms with Crippen molar-refractivity contribution in [1.29, 1.82) is 0 Å². The van der Waals surface area contributed by atoms with Gasteiger partial charge in [-0.3, -0.25) is 9.59 Å². The number of hydrogen-bond donors (Lipinski definition) is 1. The Morgan fingerprint density at radius 3 is 2.53 bits per heavy atom. The number of amides is 2. The van der Waals surface area contributed by atoms with Crippen LogP contribution in [0.5, 0.6) is 0 Å². The summed E-state index contributed by atoms with van der Waals surface area (Å²) in [7, 11) is 0. The molecule has 1 N–H and O–H groups in total. The van der Waals surface area contributed by atoms with Gasteiger partial charge in [0.05, 0.1) is 5.88 Å². The van der Waals surface area contributed by atoms with Crippen molar-refractivity contribution in [2.75, 3.05) is 18.2 Å². The highest BCUT2D eigenvalue weighted by Gasteiger charge is 2.35. The molecule has 0 aliphatic carbocycles. The summed E-state index contributed by atoms with van der Waals surface area (Å²) >= 11 is 1.65. The average molecular weight is 286 g/mol. The molecule has 0 aromatic heterocycles. The first-order valence-corrected chi connectivity index (χ1v) is 8.01. The van der Waals surface area contributed by atoms with E-state index in [9.17, 15) is 9.59 Å². The van der Waals surface area contributed by atoms with Crippen molar-refractivity contribution in [2.45, 2.75) is 47.1 Å². The lowest BCUT2D eigenvalue weighted by atomic mass is 9.91. The van der Waals surface area contributed by atoms with E-state index in [1.165, 1.54) is 0 Å². The number of nitrogens with one attached hydrogen (secondary N) is 1. The highest BCUT2D eigenvalue weighted by atomic mass is 32.2. The van der Waals surface area contributed by atoms with E-state index in [1.807, 2.05) is 20.8 Å². The van der Waals surface area contributed by atoms with Crippen LogP contribution in [0.1, 0.15) is 41.0 Å². The van der Waals surface area contributed by atoms with Crippen LogP contribution in [-0.2, 0) is 9.59 Å². The van der Waals surface area contributed by atoms with E-state index in [-0.39, 0.29) is 23.3 Å². The van der Waals surface area contributed by atoms with Gasteiger partial charge in [-0.05, 0) is 11.3 Å². The van der Waals surface area contributed by atoms with E-state index in [1.54, 1.807) is 16.7 Å². The van der Waals surface area contributed by atoms with E-state index in [2.05, 4.69) is 19.2 Å². The summed E-state index contributed by atoms with van der Waals surface area (Å²) in [6.07, 6.45) is 0.488. The number of carbonyl (C=O) groups excluding carboxylic acids is 2. The molecule has 1 aliphatic rings. The fourth-order valence-corrected chi connectivity index (χ4v) is 3.06. The molecule has 1 aliphatic heterocycles. The summed E-state index contributed by atoms with van der Waals surface area (Å²) in [5.74, 6) is 1.84. The van der Waals surface area contributed by atoms with E-state index in [0.29, 0.717) is 30.5 Å². The van der Waals surface area contributed by atoms with Gasteiger partial charge < -0.3 is 10.2 Å². The van der Waals surface area contributed by atoms with Gasteiger partial charge in [0, 0.05) is 18.7 Å². The van der Waals surface area contributed by atoms with E-state index < -0.39 is 0 Å². The molecule has 2 amide bonds. The third-order valence-electron chi connectivity index (χ3n) is 2.87. The molecule has 0 aromatic carbocycles. The molecule has 0 radical (unpaired) electrons. The lowest BCUT2D eigenvalue weighted by molar-refractivity contribution is -0.139. The minimum atomic E-state index is -0.293. The maximum atomic E-state index is 12.2. The molecule has 1 unspecified atom stereocenters. The van der Waals surface area contributed by atoms with Gasteiger partial charge in [-0.25, -0.2) is 0 Å². The minimum Gasteiger partial charge on any atom is -0.354 e. The highest BCUT2D eigenvalue weighted by molar-refractivity contribution is 7.99. The molecular weight excluding hydrogens is 260 g/mol. The molecule has 0 aromatic rings. The monoisotopic (exact) mass is 286 g/mol. The van der Waals surface area contributed by atoms with Gasteiger partial charge in [-0.1, -0.05) is 34.6 Å². The fraction of sp³-hybridized carbons (Fsp3) is 0.857. The zero-order valence-electron chi connectivity index (χ0n) is 12.7. The van der Waals surface area contributed by atoms with Gasteiger partial charge in [-0.15, -0.1) is 11.8 Å². The Hall–Kier alpha value is -0.710. The smallest absolute Gasteiger partial charge is 0.243 e. The second kappa shape index (κ2) is 6.64. The molecule has 0 bridgehead atoms. The van der Waals surface area contributed by atoms with Gasteiger partial charge in [0.25, 0.3) is 0 Å². The molecule has 1 fully saturated rings. The molecule has 1 rings (SSSR count). The third kappa shape index (κ3) is 5.43. The van der Waals surface area contributed by atoms with Crippen LogP contribution in [0.4, 0.5) is 0 Å². The molecule has 0 spiro atoms. The predicted octanol–water partition coefficient (Wildman–Crippen LogP) is 2.10. The van der Waals surface area contributed by atoms with Crippen LogP contribution in [0.2, 0.25) is 0 Å². The van der Waals surface area contributed by atoms with Crippen molar-refractivity contribution in [3.63, 3.8) is 0 Å². The molecular formula is C14H26N2O2S. The summed E-state index contributed by atoms with van der Waals surface area (Å²) in [6, 6.07) is -0.293. The van der Waals surface area contributed by atoms with Crippen molar-refractivity contribution in [1.82, 2.24) is 10.2 Å². The zero-order valence-corrected chi connectivity index (χ0v) is 13.5. The molecule has 0 saturated carbocycles. The highest BCUT2D eigenvalue weighted by Crippen LogP contribution is 2.26. The van der Waals surface area contributed by atoms with Gasteiger partial charge in [0.1, 0.15) is 6.04 Å². The molecule has 1 heterocycles. The molecule has 4 nitrogen and oxygen atoms in total. The number of carbonyl (C=O) groups is 2. The molecule has 110 valence electrons. The number of nitrogens with zero attached hydrogens (tertiary/aromatic N) is 1. The standard InChI is InChI=1S/C14H26N2O2S/c1-10(2)7-15-13(18)11-8-19-9-16(11)12(17)6-14(3,4)5/h10-11H,6-9H2,1-5H3,(H,15,18). The molecule has 19 heavy (non-hydrogen) atoms. The largest absolute Gasteiger partial charge is 0.354 e.